The molecule has 9 heteroatoms. The molecule has 3 aromatic rings. The van der Waals surface area contributed by atoms with Gasteiger partial charge >= 0.3 is 4.87 Å². The highest BCUT2D eigenvalue weighted by molar-refractivity contribution is 7.89. The van der Waals surface area contributed by atoms with E-state index in [9.17, 15) is 18.0 Å². The summed E-state index contributed by atoms with van der Waals surface area (Å²) >= 11 is 0.986. The average molecular weight is 432 g/mol. The Bertz CT molecular complexity index is 1230. The molecule has 0 bridgehead atoms. The van der Waals surface area contributed by atoms with Crippen LogP contribution in [0, 0.1) is 13.8 Å². The summed E-state index contributed by atoms with van der Waals surface area (Å²) in [7, 11) is -3.69. The second kappa shape index (κ2) is 7.40. The number of nitrogens with one attached hydrogen (secondary N) is 1. The largest absolute Gasteiger partial charge is 0.336 e. The third-order valence-electron chi connectivity index (χ3n) is 5.02. The number of piperazine rings is 1. The molecule has 2 aromatic carbocycles. The number of aromatic amines is 1. The molecular weight excluding hydrogens is 410 g/mol. The molecule has 0 unspecified atom stereocenters. The third kappa shape index (κ3) is 3.85. The lowest BCUT2D eigenvalue weighted by Gasteiger charge is -2.34. The lowest BCUT2D eigenvalue weighted by Crippen LogP contribution is -2.50. The van der Waals surface area contributed by atoms with Gasteiger partial charge in [0.2, 0.25) is 10.0 Å². The number of H-pyrrole nitrogens is 1. The van der Waals surface area contributed by atoms with Gasteiger partial charge in [0.05, 0.1) is 15.1 Å². The highest BCUT2D eigenvalue weighted by Crippen LogP contribution is 2.23. The minimum atomic E-state index is -3.69. The summed E-state index contributed by atoms with van der Waals surface area (Å²) in [6.45, 7) is 5.05. The molecule has 1 fully saturated rings. The number of fused-ring (bicyclic) bond motifs is 1. The van der Waals surface area contributed by atoms with Gasteiger partial charge in [-0.05, 0) is 44.2 Å². The molecule has 0 spiro atoms. The van der Waals surface area contributed by atoms with Gasteiger partial charge in [0.15, 0.2) is 0 Å². The first-order valence-corrected chi connectivity index (χ1v) is 11.5. The highest BCUT2D eigenvalue weighted by atomic mass is 32.2. The molecule has 7 nitrogen and oxygen atoms in total. The molecule has 1 N–H and O–H groups in total. The summed E-state index contributed by atoms with van der Waals surface area (Å²) in [4.78, 5) is 28.6. The van der Waals surface area contributed by atoms with Crippen LogP contribution < -0.4 is 4.87 Å². The van der Waals surface area contributed by atoms with Crippen LogP contribution in [0.25, 0.3) is 10.2 Å². The quantitative estimate of drug-likeness (QED) is 0.689. The van der Waals surface area contributed by atoms with Crippen molar-refractivity contribution in [2.75, 3.05) is 26.2 Å². The van der Waals surface area contributed by atoms with Gasteiger partial charge in [-0.25, -0.2) is 8.42 Å². The van der Waals surface area contributed by atoms with Crippen molar-refractivity contribution in [3.05, 3.63) is 62.8 Å². The number of carbonyl (C=O) groups is 1. The van der Waals surface area contributed by atoms with E-state index in [1.165, 1.54) is 16.4 Å². The molecular formula is C20H21N3O4S2. The molecule has 0 aliphatic carbocycles. The molecule has 1 saturated heterocycles. The van der Waals surface area contributed by atoms with Gasteiger partial charge in [0, 0.05) is 31.7 Å². The summed E-state index contributed by atoms with van der Waals surface area (Å²) < 4.78 is 28.0. The van der Waals surface area contributed by atoms with Crippen molar-refractivity contribution < 1.29 is 13.2 Å². The Kier molecular flexibility index (Phi) is 5.05. The standard InChI is InChI=1S/C20H21N3O4S2/c1-13-9-14(2)11-15(10-13)19(24)22-5-7-23(8-6-22)29(26,27)16-3-4-17-18(12-16)28-20(25)21-17/h3-4,9-12H,5-8H2,1-2H3,(H,21,25). The van der Waals surface area contributed by atoms with Gasteiger partial charge in [0.25, 0.3) is 5.91 Å². The van der Waals surface area contributed by atoms with E-state index in [0.29, 0.717) is 28.9 Å². The predicted octanol–water partition coefficient (Wildman–Crippen LogP) is 2.35. The van der Waals surface area contributed by atoms with E-state index in [-0.39, 0.29) is 28.8 Å². The number of amides is 1. The second-order valence-corrected chi connectivity index (χ2v) is 10.2. The normalized spacial score (nSPS) is 15.7. The molecule has 1 aromatic heterocycles. The molecule has 152 valence electrons. The van der Waals surface area contributed by atoms with Gasteiger partial charge in [0.1, 0.15) is 0 Å². The Morgan fingerprint density at radius 3 is 2.31 bits per heavy atom. The van der Waals surface area contributed by atoms with Gasteiger partial charge in [-0.15, -0.1) is 0 Å². The zero-order valence-corrected chi connectivity index (χ0v) is 17.8. The third-order valence-corrected chi connectivity index (χ3v) is 7.76. The lowest BCUT2D eigenvalue weighted by molar-refractivity contribution is 0.0697. The Morgan fingerprint density at radius 1 is 1.00 bits per heavy atom. The first-order valence-electron chi connectivity index (χ1n) is 9.25. The SMILES string of the molecule is Cc1cc(C)cc(C(=O)N2CCN(S(=O)(=O)c3ccc4[nH]c(=O)sc4c3)CC2)c1. The van der Waals surface area contributed by atoms with E-state index in [2.05, 4.69) is 4.98 Å². The number of thiazole rings is 1. The van der Waals surface area contributed by atoms with Gasteiger partial charge in [-0.1, -0.05) is 28.5 Å². The first kappa shape index (κ1) is 19.8. The zero-order chi connectivity index (χ0) is 20.8. The van der Waals surface area contributed by atoms with Crippen LogP contribution in [0.4, 0.5) is 0 Å². The molecule has 2 heterocycles. The van der Waals surface area contributed by atoms with Crippen LogP contribution in [0.3, 0.4) is 0 Å². The lowest BCUT2D eigenvalue weighted by atomic mass is 10.1. The van der Waals surface area contributed by atoms with E-state index < -0.39 is 10.0 Å². The number of hydrogen-bond donors (Lipinski definition) is 1. The fraction of sp³-hybridized carbons (Fsp3) is 0.300. The maximum atomic E-state index is 13.0. The van der Waals surface area contributed by atoms with E-state index in [4.69, 9.17) is 0 Å². The van der Waals surface area contributed by atoms with Gasteiger partial charge in [-0.3, -0.25) is 9.59 Å². The second-order valence-electron chi connectivity index (χ2n) is 7.25. The first-order chi connectivity index (χ1) is 13.7. The zero-order valence-electron chi connectivity index (χ0n) is 16.1. The summed E-state index contributed by atoms with van der Waals surface area (Å²) in [5.74, 6) is -0.0765. The van der Waals surface area contributed by atoms with Crippen LogP contribution in [0.5, 0.6) is 0 Å². The van der Waals surface area contributed by atoms with Crippen LogP contribution in [0.1, 0.15) is 21.5 Å². The maximum absolute atomic E-state index is 13.0. The van der Waals surface area contributed by atoms with Crippen LogP contribution in [0.15, 0.2) is 46.1 Å². The van der Waals surface area contributed by atoms with Crippen LogP contribution >= 0.6 is 11.3 Å². The number of aryl methyl sites for hydroxylation is 2. The van der Waals surface area contributed by atoms with E-state index in [1.807, 2.05) is 32.0 Å². The Hall–Kier alpha value is -2.49. The van der Waals surface area contributed by atoms with Crippen molar-refractivity contribution in [1.82, 2.24) is 14.2 Å². The van der Waals surface area contributed by atoms with Crippen molar-refractivity contribution in [3.63, 3.8) is 0 Å². The molecule has 4 rings (SSSR count). The molecule has 29 heavy (non-hydrogen) atoms. The summed E-state index contributed by atoms with van der Waals surface area (Å²) in [6, 6.07) is 10.4. The number of hydrogen-bond acceptors (Lipinski definition) is 5. The van der Waals surface area contributed by atoms with Crippen molar-refractivity contribution >= 4 is 37.5 Å². The highest BCUT2D eigenvalue weighted by Gasteiger charge is 2.30. The van der Waals surface area contributed by atoms with Crippen molar-refractivity contribution in [2.24, 2.45) is 0 Å². The van der Waals surface area contributed by atoms with Crippen LogP contribution in [0.2, 0.25) is 0 Å². The Morgan fingerprint density at radius 2 is 1.66 bits per heavy atom. The minimum Gasteiger partial charge on any atom is -0.336 e. The molecule has 0 radical (unpaired) electrons. The summed E-state index contributed by atoms with van der Waals surface area (Å²) in [5, 5.41) is 0. The number of sulfonamides is 1. The van der Waals surface area contributed by atoms with Gasteiger partial charge < -0.3 is 9.88 Å². The smallest absolute Gasteiger partial charge is 0.305 e. The van der Waals surface area contributed by atoms with Crippen molar-refractivity contribution in [1.29, 1.82) is 0 Å². The number of aromatic nitrogens is 1. The topological polar surface area (TPSA) is 90.6 Å². The van der Waals surface area contributed by atoms with Crippen LogP contribution in [-0.4, -0.2) is 54.7 Å². The fourth-order valence-corrected chi connectivity index (χ4v) is 5.95. The fourth-order valence-electron chi connectivity index (χ4n) is 3.65. The minimum absolute atomic E-state index is 0.0765. The molecule has 1 amide bonds. The van der Waals surface area contributed by atoms with E-state index in [1.54, 1.807) is 11.0 Å². The molecule has 1 aliphatic heterocycles. The maximum Gasteiger partial charge on any atom is 0.305 e. The summed E-state index contributed by atoms with van der Waals surface area (Å²) in [6.07, 6.45) is 0. The number of nitrogens with zero attached hydrogens (tertiary/aromatic N) is 2. The van der Waals surface area contributed by atoms with E-state index >= 15 is 0 Å². The summed E-state index contributed by atoms with van der Waals surface area (Å²) in [5.41, 5.74) is 3.31. The monoisotopic (exact) mass is 431 g/mol. The van der Waals surface area contributed by atoms with Crippen molar-refractivity contribution in [3.8, 4) is 0 Å². The predicted molar refractivity (Wildman–Crippen MR) is 113 cm³/mol. The Labute approximate surface area is 172 Å². The average Bonchev–Trinajstić information content (AvgIpc) is 3.06. The van der Waals surface area contributed by atoms with Crippen LogP contribution in [-0.2, 0) is 10.0 Å². The molecule has 0 saturated carbocycles. The molecule has 1 aliphatic rings. The van der Waals surface area contributed by atoms with Crippen molar-refractivity contribution in [2.45, 2.75) is 18.7 Å². The Balaban J connectivity index is 1.50. The van der Waals surface area contributed by atoms with Gasteiger partial charge in [-0.2, -0.15) is 4.31 Å². The number of benzene rings is 2. The van der Waals surface area contributed by atoms with E-state index in [0.717, 1.165) is 22.5 Å². The number of carbonyl (C=O) groups excluding carboxylic acids is 1. The molecule has 0 atom stereocenters. The number of rotatable bonds is 3.